The molecule has 0 radical (unpaired) electrons. The second-order valence-corrected chi connectivity index (χ2v) is 9.08. The Hall–Kier alpha value is 0.263. The van der Waals surface area contributed by atoms with E-state index >= 15 is 0 Å². The fraction of sp³-hybridized carbons (Fsp3) is 0.304. The first-order valence-corrected chi connectivity index (χ1v) is 10.1. The van der Waals surface area contributed by atoms with Gasteiger partial charge >= 0.3 is 161 Å². The molecule has 2 aromatic rings. The first-order valence-electron chi connectivity index (χ1n) is 8.69. The average Bonchev–Trinajstić information content (AvgIpc) is 2.94. The summed E-state index contributed by atoms with van der Waals surface area (Å²) >= 11 is 1.58. The summed E-state index contributed by atoms with van der Waals surface area (Å²) in [6.07, 6.45) is 0. The zero-order chi connectivity index (χ0) is 17.2. The molecule has 2 aliphatic rings. The van der Waals surface area contributed by atoms with Crippen molar-refractivity contribution in [2.45, 2.75) is 38.2 Å². The van der Waals surface area contributed by atoms with Gasteiger partial charge in [0.05, 0.1) is 0 Å². The number of rotatable bonds is 1. The number of benzene rings is 2. The number of allylic oxidation sites excluding steroid dienone is 4. The second kappa shape index (κ2) is 7.95. The summed E-state index contributed by atoms with van der Waals surface area (Å²) in [5, 5.41) is 0. The molecule has 0 heterocycles. The standard InChI is InChI=1S/C23H23.2HI.Zr/c1-14-15(2)22(23(4,5)16(14)3)20-12-8-11-19-18-10-7-6-9-17(18)13-21(19)20;;;/h6-13H,1-5H3;2*1H;/q;;;+2/p-2. The molecular weight excluding hydrogens is 621 g/mol. The minimum atomic E-state index is 0. The van der Waals surface area contributed by atoms with Gasteiger partial charge in [-0.3, -0.25) is 0 Å². The SMILES string of the molecule is CC1=C(C)C(C)(C)C(c2cccc3c2[CH]([Zr+2])c2ccccc2-3)=C1C.[I-].[I-]. The number of hydrogen-bond acceptors (Lipinski definition) is 0. The summed E-state index contributed by atoms with van der Waals surface area (Å²) < 4.78 is 0.553. The van der Waals surface area contributed by atoms with Crippen LogP contribution in [-0.2, 0) is 24.7 Å². The van der Waals surface area contributed by atoms with Gasteiger partial charge in [0, 0.05) is 0 Å². The van der Waals surface area contributed by atoms with E-state index in [1.807, 2.05) is 0 Å². The minimum Gasteiger partial charge on any atom is -1.00 e. The third kappa shape index (κ3) is 3.08. The molecule has 0 fully saturated rings. The smallest absolute Gasteiger partial charge is 1.00 e. The molecule has 0 bridgehead atoms. The van der Waals surface area contributed by atoms with Gasteiger partial charge in [0.1, 0.15) is 0 Å². The maximum absolute atomic E-state index is 2.39. The zero-order valence-corrected chi connectivity index (χ0v) is 22.6. The summed E-state index contributed by atoms with van der Waals surface area (Å²) in [4.78, 5) is 0. The Labute approximate surface area is 206 Å². The number of fused-ring (bicyclic) bond motifs is 3. The quantitative estimate of drug-likeness (QED) is 0.397. The summed E-state index contributed by atoms with van der Waals surface area (Å²) in [6, 6.07) is 15.9. The molecule has 0 aliphatic heterocycles. The predicted molar refractivity (Wildman–Crippen MR) is 98.5 cm³/mol. The average molecular weight is 644 g/mol. The molecule has 0 spiro atoms. The van der Waals surface area contributed by atoms with Crippen LogP contribution in [-0.4, -0.2) is 0 Å². The normalized spacial score (nSPS) is 19.7. The molecule has 1 atom stereocenters. The Balaban J connectivity index is 0.00000121. The fourth-order valence-corrected chi connectivity index (χ4v) is 5.99. The summed E-state index contributed by atoms with van der Waals surface area (Å²) in [7, 11) is 0. The van der Waals surface area contributed by atoms with E-state index in [2.05, 4.69) is 77.1 Å². The van der Waals surface area contributed by atoms with Crippen LogP contribution in [0.25, 0.3) is 16.7 Å². The molecule has 0 aromatic heterocycles. The monoisotopic (exact) mass is 643 g/mol. The van der Waals surface area contributed by atoms with Crippen LogP contribution in [0.1, 0.15) is 54.9 Å². The molecule has 0 nitrogen and oxygen atoms in total. The number of halogens is 2. The molecule has 0 amide bonds. The minimum absolute atomic E-state index is 0. The van der Waals surface area contributed by atoms with E-state index in [9.17, 15) is 0 Å². The third-order valence-corrected chi connectivity index (χ3v) is 7.76. The molecule has 0 N–H and O–H groups in total. The van der Waals surface area contributed by atoms with Crippen molar-refractivity contribution in [1.82, 2.24) is 0 Å². The van der Waals surface area contributed by atoms with Gasteiger partial charge in [-0.1, -0.05) is 0 Å². The maximum Gasteiger partial charge on any atom is -1.00 e. The van der Waals surface area contributed by atoms with E-state index in [-0.39, 0.29) is 53.4 Å². The second-order valence-electron chi connectivity index (χ2n) is 7.66. The van der Waals surface area contributed by atoms with E-state index in [0.29, 0.717) is 3.63 Å². The van der Waals surface area contributed by atoms with Crippen LogP contribution in [0, 0.1) is 5.41 Å². The molecule has 26 heavy (non-hydrogen) atoms. The van der Waals surface area contributed by atoms with Crippen LogP contribution in [0.4, 0.5) is 0 Å². The van der Waals surface area contributed by atoms with E-state index in [4.69, 9.17) is 0 Å². The zero-order valence-electron chi connectivity index (χ0n) is 15.9. The summed E-state index contributed by atoms with van der Waals surface area (Å²) in [5.74, 6) is 0. The van der Waals surface area contributed by atoms with Crippen molar-refractivity contribution in [1.29, 1.82) is 0 Å². The van der Waals surface area contributed by atoms with Crippen LogP contribution in [0.2, 0.25) is 0 Å². The van der Waals surface area contributed by atoms with Gasteiger partial charge in [0.15, 0.2) is 0 Å². The molecule has 1 unspecified atom stereocenters. The van der Waals surface area contributed by atoms with Gasteiger partial charge in [-0.2, -0.15) is 0 Å². The molecule has 0 saturated carbocycles. The molecule has 4 rings (SSSR count). The fourth-order valence-electron chi connectivity index (χ4n) is 4.61. The molecule has 133 valence electrons. The van der Waals surface area contributed by atoms with Crippen LogP contribution in [0.15, 0.2) is 59.2 Å². The molecule has 2 aliphatic carbocycles. The Morgan fingerprint density at radius 3 is 1.96 bits per heavy atom. The van der Waals surface area contributed by atoms with E-state index in [1.54, 1.807) is 30.3 Å². The molecule has 0 saturated heterocycles. The van der Waals surface area contributed by atoms with Crippen LogP contribution < -0.4 is 48.0 Å². The van der Waals surface area contributed by atoms with Crippen molar-refractivity contribution in [3.8, 4) is 11.1 Å². The van der Waals surface area contributed by atoms with Crippen molar-refractivity contribution >= 4 is 5.57 Å². The molecular formula is C23H23I2Zr. The first-order chi connectivity index (χ1) is 11.4. The largest absolute Gasteiger partial charge is 1.00 e. The molecule has 3 heteroatoms. The van der Waals surface area contributed by atoms with Gasteiger partial charge < -0.3 is 48.0 Å². The van der Waals surface area contributed by atoms with Gasteiger partial charge in [-0.25, -0.2) is 0 Å². The van der Waals surface area contributed by atoms with Crippen molar-refractivity contribution in [2.24, 2.45) is 5.41 Å². The first kappa shape index (κ1) is 22.6. The van der Waals surface area contributed by atoms with Crippen LogP contribution >= 0.6 is 0 Å². The van der Waals surface area contributed by atoms with Crippen molar-refractivity contribution < 1.29 is 72.7 Å². The molecule has 2 aromatic carbocycles. The Kier molecular flexibility index (Phi) is 6.89. The Morgan fingerprint density at radius 2 is 1.35 bits per heavy atom. The predicted octanol–water partition coefficient (Wildman–Crippen LogP) is 0.461. The maximum atomic E-state index is 2.39. The summed E-state index contributed by atoms with van der Waals surface area (Å²) in [5.41, 5.74) is 13.6. The Morgan fingerprint density at radius 1 is 0.769 bits per heavy atom. The van der Waals surface area contributed by atoms with Crippen molar-refractivity contribution in [2.75, 3.05) is 0 Å². The number of hydrogen-bond donors (Lipinski definition) is 0. The third-order valence-electron chi connectivity index (χ3n) is 6.29. The Bertz CT molecular complexity index is 935. The van der Waals surface area contributed by atoms with E-state index in [0.717, 1.165) is 0 Å². The van der Waals surface area contributed by atoms with E-state index < -0.39 is 0 Å². The summed E-state index contributed by atoms with van der Waals surface area (Å²) in [6.45, 7) is 11.7. The van der Waals surface area contributed by atoms with Crippen molar-refractivity contribution in [3.63, 3.8) is 0 Å². The van der Waals surface area contributed by atoms with Gasteiger partial charge in [0.2, 0.25) is 0 Å². The topological polar surface area (TPSA) is 0 Å². The van der Waals surface area contributed by atoms with Crippen molar-refractivity contribution in [3.05, 3.63) is 75.9 Å². The van der Waals surface area contributed by atoms with E-state index in [1.165, 1.54) is 44.5 Å². The van der Waals surface area contributed by atoms with Gasteiger partial charge in [0.25, 0.3) is 0 Å². The van der Waals surface area contributed by atoms with Gasteiger partial charge in [-0.15, -0.1) is 0 Å². The van der Waals surface area contributed by atoms with Crippen LogP contribution in [0.3, 0.4) is 0 Å². The van der Waals surface area contributed by atoms with Crippen LogP contribution in [0.5, 0.6) is 0 Å². The van der Waals surface area contributed by atoms with Gasteiger partial charge in [-0.05, 0) is 0 Å².